The first-order valence-corrected chi connectivity index (χ1v) is 5.95. The van der Waals surface area contributed by atoms with Gasteiger partial charge < -0.3 is 5.73 Å². The summed E-state index contributed by atoms with van der Waals surface area (Å²) in [4.78, 5) is -0.939. The molecule has 16 heavy (non-hydrogen) atoms. The fourth-order valence-electron chi connectivity index (χ4n) is 1.19. The number of likely N-dealkylation sites (N-methyl/N-ethyl adjacent to an activating group) is 1. The summed E-state index contributed by atoms with van der Waals surface area (Å²) < 4.78 is 50.9. The van der Waals surface area contributed by atoms with Gasteiger partial charge in [-0.2, -0.15) is 4.31 Å². The second kappa shape index (κ2) is 4.86. The van der Waals surface area contributed by atoms with E-state index in [-0.39, 0.29) is 13.1 Å². The summed E-state index contributed by atoms with van der Waals surface area (Å²) >= 11 is 0. The number of sulfonamides is 1. The second-order valence-electron chi connectivity index (χ2n) is 3.17. The molecule has 0 aliphatic rings. The van der Waals surface area contributed by atoms with Gasteiger partial charge in [0.25, 0.3) is 0 Å². The summed E-state index contributed by atoms with van der Waals surface area (Å²) in [5.41, 5.74) is 5.19. The van der Waals surface area contributed by atoms with Crippen molar-refractivity contribution in [1.82, 2.24) is 4.31 Å². The molecule has 2 N–H and O–H groups in total. The Balaban J connectivity index is 3.27. The molecule has 0 bridgehead atoms. The molecule has 0 amide bonds. The van der Waals surface area contributed by atoms with Crippen LogP contribution in [0.1, 0.15) is 0 Å². The summed E-state index contributed by atoms with van der Waals surface area (Å²) in [6.07, 6.45) is 0. The van der Waals surface area contributed by atoms with Gasteiger partial charge in [-0.15, -0.1) is 0 Å². The van der Waals surface area contributed by atoms with Gasteiger partial charge in [-0.25, -0.2) is 17.2 Å². The van der Waals surface area contributed by atoms with E-state index in [0.717, 1.165) is 22.5 Å². The molecule has 4 nitrogen and oxygen atoms in total. The van der Waals surface area contributed by atoms with Gasteiger partial charge >= 0.3 is 0 Å². The lowest BCUT2D eigenvalue weighted by molar-refractivity contribution is 0.456. The van der Waals surface area contributed by atoms with Gasteiger partial charge in [0.2, 0.25) is 10.0 Å². The van der Waals surface area contributed by atoms with E-state index in [1.165, 1.54) is 7.05 Å². The third kappa shape index (κ3) is 2.37. The molecule has 0 aliphatic heterocycles. The second-order valence-corrected chi connectivity index (χ2v) is 5.15. The molecule has 7 heteroatoms. The largest absolute Gasteiger partial charge is 0.329 e. The summed E-state index contributed by atoms with van der Waals surface area (Å²) in [6, 6.07) is 2.89. The lowest BCUT2D eigenvalue weighted by atomic mass is 10.3. The molecular weight excluding hydrogens is 238 g/mol. The van der Waals surface area contributed by atoms with Crippen molar-refractivity contribution in [3.63, 3.8) is 0 Å². The van der Waals surface area contributed by atoms with Crippen molar-refractivity contribution in [3.8, 4) is 0 Å². The molecule has 0 unspecified atom stereocenters. The van der Waals surface area contributed by atoms with E-state index in [9.17, 15) is 17.2 Å². The van der Waals surface area contributed by atoms with Gasteiger partial charge in [-0.3, -0.25) is 0 Å². The number of nitrogens with zero attached hydrogens (tertiary/aromatic N) is 1. The minimum atomic E-state index is -4.16. The average Bonchev–Trinajstić information content (AvgIpc) is 2.17. The summed E-state index contributed by atoms with van der Waals surface area (Å²) in [5, 5.41) is 0. The van der Waals surface area contributed by atoms with Crippen molar-refractivity contribution in [2.75, 3.05) is 20.1 Å². The van der Waals surface area contributed by atoms with Crippen LogP contribution in [0.15, 0.2) is 23.1 Å². The first-order chi connectivity index (χ1) is 7.41. The van der Waals surface area contributed by atoms with Crippen LogP contribution >= 0.6 is 0 Å². The van der Waals surface area contributed by atoms with Crippen molar-refractivity contribution >= 4 is 10.0 Å². The number of benzene rings is 1. The van der Waals surface area contributed by atoms with Gasteiger partial charge in [-0.05, 0) is 12.1 Å². The van der Waals surface area contributed by atoms with Crippen LogP contribution in [0.5, 0.6) is 0 Å². The van der Waals surface area contributed by atoms with Gasteiger partial charge in [0, 0.05) is 20.1 Å². The van der Waals surface area contributed by atoms with Crippen LogP contribution in [-0.2, 0) is 10.0 Å². The summed E-state index contributed by atoms with van der Waals surface area (Å²) in [5.74, 6) is -2.22. The Morgan fingerprint density at radius 1 is 1.31 bits per heavy atom. The summed E-state index contributed by atoms with van der Waals surface area (Å²) in [6.45, 7) is 0.0713. The first kappa shape index (κ1) is 13.0. The Kier molecular flexibility index (Phi) is 3.95. The molecule has 0 atom stereocenters. The smallest absolute Gasteiger partial charge is 0.248 e. The highest BCUT2D eigenvalue weighted by Crippen LogP contribution is 2.21. The fraction of sp³-hybridized carbons (Fsp3) is 0.333. The monoisotopic (exact) mass is 250 g/mol. The topological polar surface area (TPSA) is 63.4 Å². The minimum absolute atomic E-state index is 0.00386. The first-order valence-electron chi connectivity index (χ1n) is 4.51. The van der Waals surface area contributed by atoms with Crippen molar-refractivity contribution in [3.05, 3.63) is 29.8 Å². The van der Waals surface area contributed by atoms with Crippen LogP contribution in [0.3, 0.4) is 0 Å². The van der Waals surface area contributed by atoms with Crippen LogP contribution in [0.4, 0.5) is 8.78 Å². The SMILES string of the molecule is CN(CCN)S(=O)(=O)c1c(F)cccc1F. The highest BCUT2D eigenvalue weighted by atomic mass is 32.2. The van der Waals surface area contributed by atoms with Gasteiger partial charge in [0.1, 0.15) is 11.6 Å². The quantitative estimate of drug-likeness (QED) is 0.848. The zero-order chi connectivity index (χ0) is 12.3. The van der Waals surface area contributed by atoms with E-state index in [1.807, 2.05) is 0 Å². The number of nitrogens with two attached hydrogens (primary N) is 1. The molecule has 90 valence electrons. The number of halogens is 2. The van der Waals surface area contributed by atoms with Crippen LogP contribution in [-0.4, -0.2) is 32.9 Å². The van der Waals surface area contributed by atoms with E-state index in [1.54, 1.807) is 0 Å². The molecule has 0 aromatic heterocycles. The van der Waals surface area contributed by atoms with Crippen molar-refractivity contribution in [1.29, 1.82) is 0 Å². The predicted octanol–water partition coefficient (Wildman–Crippen LogP) is 0.544. The molecule has 0 saturated heterocycles. The third-order valence-electron chi connectivity index (χ3n) is 2.03. The summed E-state index contributed by atoms with van der Waals surface area (Å²) in [7, 11) is -2.94. The maximum absolute atomic E-state index is 13.3. The molecule has 1 aromatic rings. The minimum Gasteiger partial charge on any atom is -0.329 e. The van der Waals surface area contributed by atoms with E-state index in [0.29, 0.717) is 0 Å². The average molecular weight is 250 g/mol. The van der Waals surface area contributed by atoms with E-state index in [2.05, 4.69) is 0 Å². The van der Waals surface area contributed by atoms with Crippen LogP contribution in [0.2, 0.25) is 0 Å². The van der Waals surface area contributed by atoms with E-state index >= 15 is 0 Å². The normalized spacial score (nSPS) is 12.1. The van der Waals surface area contributed by atoms with Gasteiger partial charge in [-0.1, -0.05) is 6.07 Å². The number of rotatable bonds is 4. The molecule has 0 radical (unpaired) electrons. The third-order valence-corrected chi connectivity index (χ3v) is 3.94. The lowest BCUT2D eigenvalue weighted by Gasteiger charge is -2.16. The van der Waals surface area contributed by atoms with Crippen LogP contribution in [0, 0.1) is 11.6 Å². The Hall–Kier alpha value is -1.05. The highest BCUT2D eigenvalue weighted by Gasteiger charge is 2.27. The molecular formula is C9H12F2N2O2S. The molecule has 0 aliphatic carbocycles. The molecule has 1 rings (SSSR count). The fourth-order valence-corrected chi connectivity index (χ4v) is 2.47. The molecule has 0 saturated carbocycles. The number of hydrogen-bond acceptors (Lipinski definition) is 3. The Labute approximate surface area is 92.7 Å². The predicted molar refractivity (Wildman–Crippen MR) is 55.2 cm³/mol. The van der Waals surface area contributed by atoms with Gasteiger partial charge in [0.05, 0.1) is 0 Å². The van der Waals surface area contributed by atoms with Crippen molar-refractivity contribution < 1.29 is 17.2 Å². The van der Waals surface area contributed by atoms with Gasteiger partial charge in [0.15, 0.2) is 4.90 Å². The Bertz CT molecular complexity index is 456. The highest BCUT2D eigenvalue weighted by molar-refractivity contribution is 7.89. The number of hydrogen-bond donors (Lipinski definition) is 1. The van der Waals surface area contributed by atoms with Crippen molar-refractivity contribution in [2.24, 2.45) is 5.73 Å². The molecule has 0 spiro atoms. The zero-order valence-corrected chi connectivity index (χ0v) is 9.47. The molecule has 0 heterocycles. The van der Waals surface area contributed by atoms with E-state index < -0.39 is 26.6 Å². The maximum Gasteiger partial charge on any atom is 0.248 e. The van der Waals surface area contributed by atoms with Crippen LogP contribution < -0.4 is 5.73 Å². The van der Waals surface area contributed by atoms with E-state index in [4.69, 9.17) is 5.73 Å². The van der Waals surface area contributed by atoms with Crippen molar-refractivity contribution in [2.45, 2.75) is 4.90 Å². The Morgan fingerprint density at radius 2 is 1.81 bits per heavy atom. The standard InChI is InChI=1S/C9H12F2N2O2S/c1-13(6-5-12)16(14,15)9-7(10)3-2-4-8(9)11/h2-4H,5-6,12H2,1H3. The molecule has 0 fully saturated rings. The molecule has 1 aromatic carbocycles. The maximum atomic E-state index is 13.3. The lowest BCUT2D eigenvalue weighted by Crippen LogP contribution is -2.32. The zero-order valence-electron chi connectivity index (χ0n) is 8.65. The Morgan fingerprint density at radius 3 is 2.25 bits per heavy atom. The van der Waals surface area contributed by atoms with Crippen LogP contribution in [0.25, 0.3) is 0 Å².